The van der Waals surface area contributed by atoms with E-state index in [1.807, 2.05) is 0 Å². The Kier molecular flexibility index (Phi) is 65.0. The number of allylic oxidation sites excluding steroid dienone is 2. The number of nitrogens with zero attached hydrogens (tertiary/aromatic N) is 3. The van der Waals surface area contributed by atoms with E-state index < -0.39 is 0 Å². The molecule has 0 aromatic carbocycles. The number of hydrogen-bond donors (Lipinski definition) is 2. The Hall–Kier alpha value is -1.23. The van der Waals surface area contributed by atoms with Crippen LogP contribution < -0.4 is 5.73 Å². The van der Waals surface area contributed by atoms with E-state index in [0.717, 1.165) is 24.7 Å². The van der Waals surface area contributed by atoms with Gasteiger partial charge in [0.2, 0.25) is 0 Å². The predicted octanol–water partition coefficient (Wildman–Crippen LogP) is 9.33. The van der Waals surface area contributed by atoms with Crippen molar-refractivity contribution in [2.45, 2.75) is 129 Å². The van der Waals surface area contributed by atoms with Gasteiger partial charge in [0.25, 0.3) is 0 Å². The standard InChI is InChI=1S/C12H19N5.13CH4/c1-2-8-3-9-5-12(7-13,10(9)4-8)6-11-14-16-17-15-11;;;;;;;;;;;;;/h4,9-10H,2-3,5-7,13H2,1H3,(H,14,15,16,17);13*1H4/t9-,10-,12-;;;;;;;;;;;;;/m1............./s1. The van der Waals surface area contributed by atoms with Gasteiger partial charge in [-0.3, -0.25) is 0 Å². The summed E-state index contributed by atoms with van der Waals surface area (Å²) in [7, 11) is 0. The molecule has 0 aliphatic heterocycles. The summed E-state index contributed by atoms with van der Waals surface area (Å²) >= 11 is 0. The number of nitrogens with one attached hydrogen (secondary N) is 1. The summed E-state index contributed by atoms with van der Waals surface area (Å²) in [5.74, 6) is 2.26. The third-order valence-electron chi connectivity index (χ3n) is 4.58. The minimum absolute atomic E-state index is 0. The van der Waals surface area contributed by atoms with Crippen molar-refractivity contribution < 1.29 is 0 Å². The number of aromatic nitrogens is 4. The highest BCUT2D eigenvalue weighted by Crippen LogP contribution is 2.58. The number of nitrogens with two attached hydrogens (primary N) is 1. The second-order valence-electron chi connectivity index (χ2n) is 5.44. The Morgan fingerprint density at radius 2 is 1.43 bits per heavy atom. The van der Waals surface area contributed by atoms with Crippen molar-refractivity contribution in [2.24, 2.45) is 23.0 Å². The van der Waals surface area contributed by atoms with Crippen molar-refractivity contribution in [3.05, 3.63) is 17.5 Å². The maximum Gasteiger partial charge on any atom is 0.175 e. The van der Waals surface area contributed by atoms with Gasteiger partial charge in [0.05, 0.1) is 0 Å². The van der Waals surface area contributed by atoms with Gasteiger partial charge in [-0.25, -0.2) is 0 Å². The Balaban J connectivity index is -0.0000000309. The lowest BCUT2D eigenvalue weighted by molar-refractivity contribution is 0.00727. The lowest BCUT2D eigenvalue weighted by Crippen LogP contribution is -2.51. The number of fused-ring (bicyclic) bond motifs is 1. The molecule has 0 saturated heterocycles. The number of aromatic amines is 1. The molecule has 0 amide bonds. The van der Waals surface area contributed by atoms with Crippen molar-refractivity contribution in [3.8, 4) is 0 Å². The van der Waals surface area contributed by atoms with Gasteiger partial charge >= 0.3 is 0 Å². The van der Waals surface area contributed by atoms with Gasteiger partial charge in [0, 0.05) is 6.42 Å². The van der Waals surface area contributed by atoms with Gasteiger partial charge in [0.1, 0.15) is 0 Å². The van der Waals surface area contributed by atoms with Crippen LogP contribution in [0.3, 0.4) is 0 Å². The Labute approximate surface area is 197 Å². The average molecular weight is 442 g/mol. The van der Waals surface area contributed by atoms with E-state index in [0.29, 0.717) is 5.92 Å². The average Bonchev–Trinajstić information content (AvgIpc) is 2.94. The fraction of sp³-hybridized carbons (Fsp3) is 0.880. The zero-order valence-corrected chi connectivity index (χ0v) is 10.2. The molecule has 3 N–H and O–H groups in total. The molecule has 2 aliphatic rings. The number of hydrogen-bond acceptors (Lipinski definition) is 4. The lowest BCUT2D eigenvalue weighted by atomic mass is 9.53. The molecule has 0 unspecified atom stereocenters. The first-order valence-electron chi connectivity index (χ1n) is 6.39. The van der Waals surface area contributed by atoms with E-state index in [4.69, 9.17) is 5.73 Å². The van der Waals surface area contributed by atoms with E-state index in [1.54, 1.807) is 5.57 Å². The molecule has 2 aliphatic carbocycles. The fourth-order valence-corrected chi connectivity index (χ4v) is 3.61. The van der Waals surface area contributed by atoms with Crippen LogP contribution in [0.25, 0.3) is 0 Å². The van der Waals surface area contributed by atoms with Gasteiger partial charge in [-0.15, -0.1) is 10.2 Å². The number of H-pyrrole nitrogens is 1. The molecule has 3 rings (SSSR count). The van der Waals surface area contributed by atoms with Gasteiger partial charge in [-0.2, -0.15) is 5.21 Å². The monoisotopic (exact) mass is 442 g/mol. The van der Waals surface area contributed by atoms with Gasteiger partial charge in [-0.05, 0) is 43.1 Å². The van der Waals surface area contributed by atoms with E-state index in [2.05, 4.69) is 33.6 Å². The van der Waals surface area contributed by atoms with E-state index in [1.165, 1.54) is 19.3 Å². The largest absolute Gasteiger partial charge is 0.330 e. The first kappa shape index (κ1) is 70.3. The summed E-state index contributed by atoms with van der Waals surface area (Å²) in [4.78, 5) is 0. The highest BCUT2D eigenvalue weighted by molar-refractivity contribution is 5.24. The van der Waals surface area contributed by atoms with E-state index in [-0.39, 0.29) is 102 Å². The maximum absolute atomic E-state index is 6.01. The van der Waals surface area contributed by atoms with Crippen LogP contribution in [0.1, 0.15) is 129 Å². The Bertz CT molecular complexity index is 429. The van der Waals surface area contributed by atoms with Crippen LogP contribution in [0.15, 0.2) is 11.6 Å². The van der Waals surface area contributed by atoms with Crippen molar-refractivity contribution in [2.75, 3.05) is 6.54 Å². The number of tetrazole rings is 1. The van der Waals surface area contributed by atoms with Crippen molar-refractivity contribution >= 4 is 0 Å². The summed E-state index contributed by atoms with van der Waals surface area (Å²) in [6.07, 6.45) is 6.98. The minimum atomic E-state index is 0. The van der Waals surface area contributed by atoms with Crippen molar-refractivity contribution in [3.63, 3.8) is 0 Å². The van der Waals surface area contributed by atoms with Gasteiger partial charge in [0.15, 0.2) is 5.82 Å². The molecule has 1 saturated carbocycles. The van der Waals surface area contributed by atoms with Crippen LogP contribution in [0.2, 0.25) is 0 Å². The van der Waals surface area contributed by atoms with Gasteiger partial charge < -0.3 is 5.73 Å². The first-order valence-corrected chi connectivity index (χ1v) is 6.39. The first-order chi connectivity index (χ1) is 8.27. The van der Waals surface area contributed by atoms with Crippen LogP contribution in [0.4, 0.5) is 0 Å². The summed E-state index contributed by atoms with van der Waals surface area (Å²) in [6, 6.07) is 0. The third-order valence-corrected chi connectivity index (χ3v) is 4.58. The topological polar surface area (TPSA) is 80.5 Å². The lowest BCUT2D eigenvalue weighted by Gasteiger charge is -2.51. The Morgan fingerprint density at radius 1 is 0.933 bits per heavy atom. The molecule has 30 heavy (non-hydrogen) atoms. The molecule has 1 aromatic rings. The minimum Gasteiger partial charge on any atom is -0.330 e. The third kappa shape index (κ3) is 11.8. The summed E-state index contributed by atoms with van der Waals surface area (Å²) in [6.45, 7) is 2.95. The molecular formula is C25H71N5. The van der Waals surface area contributed by atoms with Crippen LogP contribution in [0.5, 0.6) is 0 Å². The molecule has 0 radical (unpaired) electrons. The SMILES string of the molecule is C.C.C.C.C.C.C.C.C.C.C.C.C.CCC1=C[C@@H]2[C@H](C1)C[C@]2(CN)Cc1nn[nH]n1. The smallest absolute Gasteiger partial charge is 0.175 e. The maximum atomic E-state index is 6.01. The van der Waals surface area contributed by atoms with Crippen molar-refractivity contribution in [1.82, 2.24) is 20.6 Å². The zero-order valence-electron chi connectivity index (χ0n) is 10.2. The summed E-state index contributed by atoms with van der Waals surface area (Å²) in [5, 5.41) is 14.3. The fourth-order valence-electron chi connectivity index (χ4n) is 3.61. The highest BCUT2D eigenvalue weighted by Gasteiger charge is 2.54. The number of rotatable bonds is 4. The second kappa shape index (κ2) is 27.8. The van der Waals surface area contributed by atoms with Crippen LogP contribution in [0, 0.1) is 17.3 Å². The molecule has 196 valence electrons. The molecule has 1 heterocycles. The van der Waals surface area contributed by atoms with E-state index in [9.17, 15) is 0 Å². The molecule has 0 bridgehead atoms. The molecular weight excluding hydrogens is 370 g/mol. The van der Waals surface area contributed by atoms with Crippen molar-refractivity contribution in [1.29, 1.82) is 0 Å². The zero-order chi connectivity index (χ0) is 11.9. The van der Waals surface area contributed by atoms with Crippen LogP contribution >= 0.6 is 0 Å². The molecule has 1 aromatic heterocycles. The quantitative estimate of drug-likeness (QED) is 0.456. The summed E-state index contributed by atoms with van der Waals surface area (Å²) in [5.41, 5.74) is 7.80. The predicted molar refractivity (Wildman–Crippen MR) is 151 cm³/mol. The molecule has 3 atom stereocenters. The highest BCUT2D eigenvalue weighted by atomic mass is 15.5. The molecule has 1 fully saturated rings. The second-order valence-corrected chi connectivity index (χ2v) is 5.44. The summed E-state index contributed by atoms with van der Waals surface area (Å²) < 4.78 is 0. The normalized spacial score (nSPS) is 20.0. The molecule has 5 nitrogen and oxygen atoms in total. The van der Waals surface area contributed by atoms with Gasteiger partial charge in [-0.1, -0.05) is 120 Å². The molecule has 5 heteroatoms. The van der Waals surface area contributed by atoms with Crippen LogP contribution in [-0.4, -0.2) is 27.2 Å². The Morgan fingerprint density at radius 3 is 1.80 bits per heavy atom. The van der Waals surface area contributed by atoms with Crippen LogP contribution in [-0.2, 0) is 6.42 Å². The molecule has 0 spiro atoms. The van der Waals surface area contributed by atoms with E-state index >= 15 is 0 Å².